The lowest BCUT2D eigenvalue weighted by molar-refractivity contribution is -0.143. The van der Waals surface area contributed by atoms with Crippen molar-refractivity contribution < 1.29 is 14.7 Å². The number of rotatable bonds is 4. The average Bonchev–Trinajstić information content (AvgIpc) is 2.68. The van der Waals surface area contributed by atoms with Crippen LogP contribution in [0.3, 0.4) is 0 Å². The number of carboxylic acid groups (broad SMARTS) is 1. The summed E-state index contributed by atoms with van der Waals surface area (Å²) in [7, 11) is 0. The quantitative estimate of drug-likeness (QED) is 0.851. The molecule has 2 heterocycles. The molecule has 0 aromatic heterocycles. The van der Waals surface area contributed by atoms with E-state index in [0.717, 1.165) is 25.9 Å². The van der Waals surface area contributed by atoms with Crippen LogP contribution in [0.1, 0.15) is 44.7 Å². The van der Waals surface area contributed by atoms with E-state index in [-0.39, 0.29) is 18.0 Å². The fraction of sp³-hybridized carbons (Fsp3) is 0.619. The maximum atomic E-state index is 12.6. The fourth-order valence-corrected chi connectivity index (χ4v) is 4.34. The van der Waals surface area contributed by atoms with Crippen LogP contribution in [0.5, 0.6) is 0 Å². The minimum absolute atomic E-state index is 0.109. The Morgan fingerprint density at radius 1 is 1.15 bits per heavy atom. The highest BCUT2D eigenvalue weighted by molar-refractivity contribution is 5.76. The predicted octanol–water partition coefficient (Wildman–Crippen LogP) is 2.96. The molecular weight excluding hydrogens is 342 g/mol. The lowest BCUT2D eigenvalue weighted by atomic mass is 9.91. The fourth-order valence-electron chi connectivity index (χ4n) is 4.34. The molecule has 27 heavy (non-hydrogen) atoms. The number of nitrogens with one attached hydrogen (secondary N) is 1. The van der Waals surface area contributed by atoms with Gasteiger partial charge in [-0.05, 0) is 37.7 Å². The van der Waals surface area contributed by atoms with Crippen molar-refractivity contribution in [2.45, 2.75) is 45.2 Å². The van der Waals surface area contributed by atoms with Crippen LogP contribution in [0.15, 0.2) is 30.3 Å². The van der Waals surface area contributed by atoms with Crippen molar-refractivity contribution in [2.24, 2.45) is 11.8 Å². The highest BCUT2D eigenvalue weighted by Crippen LogP contribution is 2.25. The van der Waals surface area contributed by atoms with Gasteiger partial charge in [0, 0.05) is 38.3 Å². The van der Waals surface area contributed by atoms with Crippen molar-refractivity contribution in [3.8, 4) is 0 Å². The summed E-state index contributed by atoms with van der Waals surface area (Å²) in [5.74, 6) is -1.03. The maximum absolute atomic E-state index is 12.6. The largest absolute Gasteiger partial charge is 0.481 e. The smallest absolute Gasteiger partial charge is 0.317 e. The first-order chi connectivity index (χ1) is 12.9. The van der Waals surface area contributed by atoms with Crippen LogP contribution in [0.2, 0.25) is 0 Å². The summed E-state index contributed by atoms with van der Waals surface area (Å²) in [6.45, 7) is 7.10. The lowest BCUT2D eigenvalue weighted by Gasteiger charge is -2.39. The van der Waals surface area contributed by atoms with Gasteiger partial charge >= 0.3 is 12.0 Å². The van der Waals surface area contributed by atoms with Crippen molar-refractivity contribution in [1.82, 2.24) is 15.1 Å². The summed E-state index contributed by atoms with van der Waals surface area (Å²) < 4.78 is 0. The third-order valence-electron chi connectivity index (χ3n) is 5.98. The number of piperidine rings is 2. The molecule has 0 aliphatic carbocycles. The zero-order chi connectivity index (χ0) is 19.4. The molecular formula is C21H31N3O3. The van der Waals surface area contributed by atoms with Gasteiger partial charge < -0.3 is 15.3 Å². The molecule has 2 saturated heterocycles. The van der Waals surface area contributed by atoms with Gasteiger partial charge in [0.05, 0.1) is 5.92 Å². The van der Waals surface area contributed by atoms with Crippen molar-refractivity contribution in [3.63, 3.8) is 0 Å². The molecule has 0 radical (unpaired) electrons. The van der Waals surface area contributed by atoms with E-state index < -0.39 is 11.9 Å². The maximum Gasteiger partial charge on any atom is 0.317 e. The van der Waals surface area contributed by atoms with Gasteiger partial charge in [-0.3, -0.25) is 9.69 Å². The molecule has 148 valence electrons. The molecule has 3 atom stereocenters. The number of aliphatic carboxylic acids is 1. The number of hydrogen-bond acceptors (Lipinski definition) is 3. The number of carboxylic acids is 1. The molecule has 1 aromatic carbocycles. The molecule has 2 aliphatic rings. The normalized spacial score (nSPS) is 25.8. The first kappa shape index (κ1) is 19.7. The molecule has 3 unspecified atom stereocenters. The molecule has 2 amide bonds. The molecule has 0 bridgehead atoms. The Morgan fingerprint density at radius 3 is 2.44 bits per heavy atom. The van der Waals surface area contributed by atoms with Crippen molar-refractivity contribution in [2.75, 3.05) is 26.2 Å². The summed E-state index contributed by atoms with van der Waals surface area (Å²) in [5, 5.41) is 12.4. The SMILES string of the molecule is CC1CC(C(=O)O)CN(C(=O)NC2CCN(C(C)c3ccccc3)CC2)C1. The molecule has 6 heteroatoms. The Balaban J connectivity index is 1.48. The van der Waals surface area contributed by atoms with Gasteiger partial charge in [0.15, 0.2) is 0 Å². The lowest BCUT2D eigenvalue weighted by Crippen LogP contribution is -2.53. The number of urea groups is 1. The van der Waals surface area contributed by atoms with Crippen LogP contribution in [0.25, 0.3) is 0 Å². The molecule has 6 nitrogen and oxygen atoms in total. The second kappa shape index (κ2) is 8.74. The summed E-state index contributed by atoms with van der Waals surface area (Å²) in [6.07, 6.45) is 2.50. The standard InChI is InChI=1S/C21H31N3O3/c1-15-12-18(20(25)26)14-24(13-15)21(27)22-19-8-10-23(11-9-19)16(2)17-6-4-3-5-7-17/h3-7,15-16,18-19H,8-14H2,1-2H3,(H,22,27)(H,25,26). The van der Waals surface area contributed by atoms with Crippen molar-refractivity contribution in [3.05, 3.63) is 35.9 Å². The summed E-state index contributed by atoms with van der Waals surface area (Å²) in [4.78, 5) is 28.1. The molecule has 2 aliphatic heterocycles. The van der Waals surface area contributed by atoms with E-state index in [1.54, 1.807) is 4.90 Å². The zero-order valence-corrected chi connectivity index (χ0v) is 16.3. The minimum atomic E-state index is -0.803. The third kappa shape index (κ3) is 5.01. The van der Waals surface area contributed by atoms with Gasteiger partial charge in [0.1, 0.15) is 0 Å². The summed E-state index contributed by atoms with van der Waals surface area (Å²) >= 11 is 0. The Labute approximate surface area is 161 Å². The molecule has 0 spiro atoms. The van der Waals surface area contributed by atoms with Gasteiger partial charge in [-0.25, -0.2) is 4.79 Å². The second-order valence-corrected chi connectivity index (χ2v) is 8.13. The number of amides is 2. The van der Waals surface area contributed by atoms with Gasteiger partial charge in [-0.15, -0.1) is 0 Å². The van der Waals surface area contributed by atoms with E-state index in [0.29, 0.717) is 25.6 Å². The highest BCUT2D eigenvalue weighted by Gasteiger charge is 2.33. The van der Waals surface area contributed by atoms with Gasteiger partial charge in [-0.2, -0.15) is 0 Å². The number of benzene rings is 1. The number of carbonyl (C=O) groups is 2. The molecule has 0 saturated carbocycles. The topological polar surface area (TPSA) is 72.9 Å². The number of hydrogen-bond donors (Lipinski definition) is 2. The van der Waals surface area contributed by atoms with Crippen molar-refractivity contribution in [1.29, 1.82) is 0 Å². The zero-order valence-electron chi connectivity index (χ0n) is 16.3. The molecule has 1 aromatic rings. The van der Waals surface area contributed by atoms with Gasteiger partial charge in [0.25, 0.3) is 0 Å². The Morgan fingerprint density at radius 2 is 1.81 bits per heavy atom. The molecule has 2 N–H and O–H groups in total. The Kier molecular flexibility index (Phi) is 6.37. The predicted molar refractivity (Wildman–Crippen MR) is 104 cm³/mol. The van der Waals surface area contributed by atoms with E-state index in [1.807, 2.05) is 13.0 Å². The Hall–Kier alpha value is -2.08. The van der Waals surface area contributed by atoms with Crippen LogP contribution in [0.4, 0.5) is 4.79 Å². The van der Waals surface area contributed by atoms with E-state index >= 15 is 0 Å². The van der Waals surface area contributed by atoms with Crippen molar-refractivity contribution >= 4 is 12.0 Å². The molecule has 2 fully saturated rings. The van der Waals surface area contributed by atoms with E-state index in [1.165, 1.54) is 5.56 Å². The highest BCUT2D eigenvalue weighted by atomic mass is 16.4. The minimum Gasteiger partial charge on any atom is -0.481 e. The third-order valence-corrected chi connectivity index (χ3v) is 5.98. The second-order valence-electron chi connectivity index (χ2n) is 8.13. The van der Waals surface area contributed by atoms with E-state index in [2.05, 4.69) is 41.4 Å². The number of carbonyl (C=O) groups excluding carboxylic acids is 1. The number of nitrogens with zero attached hydrogens (tertiary/aromatic N) is 2. The summed E-state index contributed by atoms with van der Waals surface area (Å²) in [5.41, 5.74) is 1.32. The monoisotopic (exact) mass is 373 g/mol. The van der Waals surface area contributed by atoms with E-state index in [4.69, 9.17) is 0 Å². The number of likely N-dealkylation sites (tertiary alicyclic amines) is 2. The Bertz CT molecular complexity index is 643. The van der Waals surface area contributed by atoms with Crippen LogP contribution in [-0.2, 0) is 4.79 Å². The summed E-state index contributed by atoms with van der Waals surface area (Å²) in [6, 6.07) is 10.9. The van der Waals surface area contributed by atoms with Gasteiger partial charge in [-0.1, -0.05) is 37.3 Å². The van der Waals surface area contributed by atoms with Crippen LogP contribution in [0, 0.1) is 11.8 Å². The first-order valence-corrected chi connectivity index (χ1v) is 10.0. The van der Waals surface area contributed by atoms with Crippen LogP contribution < -0.4 is 5.32 Å². The van der Waals surface area contributed by atoms with Gasteiger partial charge in [0.2, 0.25) is 0 Å². The molecule has 3 rings (SSSR count). The van der Waals surface area contributed by atoms with Crippen LogP contribution in [-0.4, -0.2) is 59.1 Å². The average molecular weight is 373 g/mol. The van der Waals surface area contributed by atoms with Crippen LogP contribution >= 0.6 is 0 Å². The first-order valence-electron chi connectivity index (χ1n) is 10.0. The van der Waals surface area contributed by atoms with E-state index in [9.17, 15) is 14.7 Å².